The van der Waals surface area contributed by atoms with E-state index in [0.717, 1.165) is 12.0 Å². The van der Waals surface area contributed by atoms with Gasteiger partial charge in [-0.3, -0.25) is 9.35 Å². The molecule has 0 heterocycles. The van der Waals surface area contributed by atoms with Crippen molar-refractivity contribution in [3.8, 4) is 0 Å². The minimum Gasteiger partial charge on any atom is -0.299 e. The van der Waals surface area contributed by atoms with Crippen LogP contribution in [0.3, 0.4) is 0 Å². The Hall–Kier alpha value is -1.20. The summed E-state index contributed by atoms with van der Waals surface area (Å²) >= 11 is 0. The first-order valence-electron chi connectivity index (χ1n) is 5.43. The fourth-order valence-corrected chi connectivity index (χ4v) is 2.41. The zero-order valence-electron chi connectivity index (χ0n) is 9.93. The molecule has 1 rings (SSSR count). The Labute approximate surface area is 101 Å². The topological polar surface area (TPSA) is 71.4 Å². The van der Waals surface area contributed by atoms with Gasteiger partial charge in [-0.1, -0.05) is 19.1 Å². The van der Waals surface area contributed by atoms with Gasteiger partial charge in [0.1, 0.15) is 5.78 Å². The summed E-state index contributed by atoms with van der Waals surface area (Å²) in [5.41, 5.74) is 1.22. The highest BCUT2D eigenvalue weighted by molar-refractivity contribution is 7.85. The number of ketones is 1. The molecule has 0 fully saturated rings. The van der Waals surface area contributed by atoms with E-state index in [-0.39, 0.29) is 10.7 Å². The van der Waals surface area contributed by atoms with Crippen LogP contribution in [-0.2, 0) is 21.3 Å². The van der Waals surface area contributed by atoms with Crippen molar-refractivity contribution < 1.29 is 17.8 Å². The summed E-state index contributed by atoms with van der Waals surface area (Å²) in [5.74, 6) is 0.131. The number of Topliss-reactive ketones (excluding diaryl/α,β-unsaturated/α-hetero) is 1. The molecule has 0 aliphatic carbocycles. The molecule has 0 amide bonds. The maximum Gasteiger partial charge on any atom is 0.294 e. The van der Waals surface area contributed by atoms with Crippen LogP contribution in [0.5, 0.6) is 0 Å². The van der Waals surface area contributed by atoms with Crippen molar-refractivity contribution in [2.75, 3.05) is 0 Å². The molecule has 0 aromatic heterocycles. The molecule has 4 nitrogen and oxygen atoms in total. The van der Waals surface area contributed by atoms with Gasteiger partial charge in [0.2, 0.25) is 0 Å². The minimum absolute atomic E-state index is 0.107. The van der Waals surface area contributed by atoms with E-state index in [1.165, 1.54) is 6.07 Å². The molecule has 1 aromatic carbocycles. The van der Waals surface area contributed by atoms with Crippen LogP contribution in [-0.4, -0.2) is 18.8 Å². The normalized spacial score (nSPS) is 11.5. The first-order valence-corrected chi connectivity index (χ1v) is 6.87. The van der Waals surface area contributed by atoms with Gasteiger partial charge in [0.05, 0.1) is 4.90 Å². The highest BCUT2D eigenvalue weighted by Crippen LogP contribution is 2.17. The Morgan fingerprint density at radius 3 is 2.47 bits per heavy atom. The van der Waals surface area contributed by atoms with E-state index in [4.69, 9.17) is 4.55 Å². The van der Waals surface area contributed by atoms with Crippen molar-refractivity contribution in [2.45, 2.75) is 38.0 Å². The van der Waals surface area contributed by atoms with Gasteiger partial charge in [0, 0.05) is 12.8 Å². The van der Waals surface area contributed by atoms with Crippen molar-refractivity contribution in [1.82, 2.24) is 0 Å². The molecule has 0 saturated heterocycles. The van der Waals surface area contributed by atoms with Crippen molar-refractivity contribution in [3.63, 3.8) is 0 Å². The van der Waals surface area contributed by atoms with Crippen LogP contribution < -0.4 is 0 Å². The van der Waals surface area contributed by atoms with E-state index in [0.29, 0.717) is 18.4 Å². The highest BCUT2D eigenvalue weighted by Gasteiger charge is 2.13. The standard InChI is InChI=1S/C12H16O4S/c1-3-4-11(13)8-10-5-6-12(9(2)7-10)17(14,15)16/h5-7H,3-4,8H2,1-2H3,(H,14,15,16). The summed E-state index contributed by atoms with van der Waals surface area (Å²) in [7, 11) is -4.17. The van der Waals surface area contributed by atoms with Crippen molar-refractivity contribution in [3.05, 3.63) is 29.3 Å². The molecule has 94 valence electrons. The monoisotopic (exact) mass is 256 g/mol. The van der Waals surface area contributed by atoms with Gasteiger partial charge >= 0.3 is 0 Å². The van der Waals surface area contributed by atoms with Gasteiger partial charge in [-0.15, -0.1) is 0 Å². The van der Waals surface area contributed by atoms with Crippen molar-refractivity contribution in [1.29, 1.82) is 0 Å². The van der Waals surface area contributed by atoms with Crippen LogP contribution in [0.4, 0.5) is 0 Å². The van der Waals surface area contributed by atoms with Gasteiger partial charge in [-0.2, -0.15) is 8.42 Å². The van der Waals surface area contributed by atoms with E-state index < -0.39 is 10.1 Å². The van der Waals surface area contributed by atoms with Crippen LogP contribution in [0.2, 0.25) is 0 Å². The third-order valence-corrected chi connectivity index (χ3v) is 3.46. The Morgan fingerprint density at radius 2 is 2.00 bits per heavy atom. The van der Waals surface area contributed by atoms with Crippen LogP contribution in [0.15, 0.2) is 23.1 Å². The zero-order valence-corrected chi connectivity index (χ0v) is 10.8. The molecule has 0 aliphatic heterocycles. The van der Waals surface area contributed by atoms with E-state index in [1.807, 2.05) is 6.92 Å². The summed E-state index contributed by atoms with van der Waals surface area (Å²) in [4.78, 5) is 11.3. The maximum atomic E-state index is 11.4. The molecule has 1 aromatic rings. The molecule has 0 spiro atoms. The first kappa shape index (κ1) is 13.9. The van der Waals surface area contributed by atoms with Gasteiger partial charge in [-0.25, -0.2) is 0 Å². The second-order valence-electron chi connectivity index (χ2n) is 4.04. The smallest absolute Gasteiger partial charge is 0.294 e. The average Bonchev–Trinajstić information content (AvgIpc) is 2.15. The second kappa shape index (κ2) is 5.42. The molecule has 5 heteroatoms. The van der Waals surface area contributed by atoms with E-state index in [1.54, 1.807) is 19.1 Å². The molecule has 1 N–H and O–H groups in total. The Balaban J connectivity index is 2.94. The molecule has 0 aliphatic rings. The van der Waals surface area contributed by atoms with Crippen LogP contribution in [0, 0.1) is 6.92 Å². The molecule has 0 radical (unpaired) electrons. The lowest BCUT2D eigenvalue weighted by atomic mass is 10.0. The fourth-order valence-electron chi connectivity index (χ4n) is 1.71. The lowest BCUT2D eigenvalue weighted by molar-refractivity contribution is -0.118. The summed E-state index contributed by atoms with van der Waals surface area (Å²) in [6.07, 6.45) is 1.64. The molecular weight excluding hydrogens is 240 g/mol. The number of rotatable bonds is 5. The molecule has 0 saturated carbocycles. The van der Waals surface area contributed by atoms with E-state index in [2.05, 4.69) is 0 Å². The fraction of sp³-hybridized carbons (Fsp3) is 0.417. The first-order chi connectivity index (χ1) is 7.84. The number of aryl methyl sites for hydroxylation is 1. The quantitative estimate of drug-likeness (QED) is 0.819. The molecule has 17 heavy (non-hydrogen) atoms. The number of hydrogen-bond acceptors (Lipinski definition) is 3. The lowest BCUT2D eigenvalue weighted by Gasteiger charge is -2.05. The van der Waals surface area contributed by atoms with Gasteiger partial charge in [-0.05, 0) is 30.5 Å². The van der Waals surface area contributed by atoms with Crippen LogP contribution in [0.25, 0.3) is 0 Å². The maximum absolute atomic E-state index is 11.4. The summed E-state index contributed by atoms with van der Waals surface area (Å²) in [6, 6.07) is 4.51. The number of carbonyl (C=O) groups is 1. The highest BCUT2D eigenvalue weighted by atomic mass is 32.2. The number of carbonyl (C=O) groups excluding carboxylic acids is 1. The van der Waals surface area contributed by atoms with Crippen LogP contribution in [0.1, 0.15) is 30.9 Å². The van der Waals surface area contributed by atoms with Gasteiger partial charge in [0.15, 0.2) is 0 Å². The summed E-state index contributed by atoms with van der Waals surface area (Å²) in [5, 5.41) is 0. The predicted molar refractivity (Wildman–Crippen MR) is 64.6 cm³/mol. The Morgan fingerprint density at radius 1 is 1.35 bits per heavy atom. The summed E-state index contributed by atoms with van der Waals surface area (Å²) in [6.45, 7) is 3.53. The average molecular weight is 256 g/mol. The summed E-state index contributed by atoms with van der Waals surface area (Å²) < 4.78 is 30.9. The second-order valence-corrected chi connectivity index (χ2v) is 5.43. The molecular formula is C12H16O4S. The minimum atomic E-state index is -4.17. The van der Waals surface area contributed by atoms with Gasteiger partial charge < -0.3 is 0 Å². The zero-order chi connectivity index (χ0) is 13.1. The molecule has 0 atom stereocenters. The van der Waals surface area contributed by atoms with Crippen molar-refractivity contribution in [2.24, 2.45) is 0 Å². The number of benzene rings is 1. The third-order valence-electron chi connectivity index (χ3n) is 2.45. The molecule has 0 bridgehead atoms. The Bertz CT molecular complexity index is 517. The van der Waals surface area contributed by atoms with Crippen LogP contribution >= 0.6 is 0 Å². The Kier molecular flexibility index (Phi) is 4.42. The molecule has 0 unspecified atom stereocenters. The lowest BCUT2D eigenvalue weighted by Crippen LogP contribution is -2.05. The van der Waals surface area contributed by atoms with E-state index in [9.17, 15) is 13.2 Å². The predicted octanol–water partition coefficient (Wildman–Crippen LogP) is 2.15. The van der Waals surface area contributed by atoms with Gasteiger partial charge in [0.25, 0.3) is 10.1 Å². The third kappa shape index (κ3) is 3.94. The SMILES string of the molecule is CCCC(=O)Cc1ccc(S(=O)(=O)O)c(C)c1. The largest absolute Gasteiger partial charge is 0.299 e. The van der Waals surface area contributed by atoms with Crippen molar-refractivity contribution >= 4 is 15.9 Å². The van der Waals surface area contributed by atoms with E-state index >= 15 is 0 Å². The number of hydrogen-bond donors (Lipinski definition) is 1.